The third-order valence-electron chi connectivity index (χ3n) is 7.90. The van der Waals surface area contributed by atoms with Crippen molar-refractivity contribution in [3.8, 4) is 0 Å². The molecule has 0 aliphatic heterocycles. The molecule has 0 aliphatic carbocycles. The van der Waals surface area contributed by atoms with E-state index >= 15 is 0 Å². The Balaban J connectivity index is 3.61. The van der Waals surface area contributed by atoms with Gasteiger partial charge >= 0.3 is 11.9 Å². The van der Waals surface area contributed by atoms with Gasteiger partial charge in [-0.1, -0.05) is 172 Å². The van der Waals surface area contributed by atoms with Gasteiger partial charge in [0.1, 0.15) is 6.61 Å². The van der Waals surface area contributed by atoms with Crippen molar-refractivity contribution in [2.24, 2.45) is 0 Å². The lowest BCUT2D eigenvalue weighted by atomic mass is 10.0. The van der Waals surface area contributed by atoms with Crippen LogP contribution in [0.5, 0.6) is 0 Å². The minimum absolute atomic E-state index is 0.0932. The summed E-state index contributed by atoms with van der Waals surface area (Å²) in [5.41, 5.74) is 0. The van der Waals surface area contributed by atoms with E-state index in [4.69, 9.17) is 9.47 Å². The fourth-order valence-corrected chi connectivity index (χ4v) is 5.10. The highest BCUT2D eigenvalue weighted by atomic mass is 16.6. The van der Waals surface area contributed by atoms with Crippen LogP contribution in [0.1, 0.15) is 174 Å². The van der Waals surface area contributed by atoms with Crippen molar-refractivity contribution in [2.45, 2.75) is 180 Å². The fourth-order valence-electron chi connectivity index (χ4n) is 5.10. The van der Waals surface area contributed by atoms with Crippen LogP contribution in [0.25, 0.3) is 0 Å². The number of hydrogen-bond acceptors (Lipinski definition) is 5. The first-order valence-corrected chi connectivity index (χ1v) is 18.7. The number of carbonyl (C=O) groups is 2. The van der Waals surface area contributed by atoms with Gasteiger partial charge in [-0.3, -0.25) is 9.59 Å². The highest BCUT2D eigenvalue weighted by Crippen LogP contribution is 2.15. The van der Waals surface area contributed by atoms with Crippen molar-refractivity contribution >= 4 is 11.9 Å². The van der Waals surface area contributed by atoms with Crippen LogP contribution in [-0.2, 0) is 19.1 Å². The normalized spacial score (nSPS) is 12.7. The summed E-state index contributed by atoms with van der Waals surface area (Å²) in [6, 6.07) is 0. The topological polar surface area (TPSA) is 72.8 Å². The summed E-state index contributed by atoms with van der Waals surface area (Å²) in [7, 11) is 0. The highest BCUT2D eigenvalue weighted by Gasteiger charge is 2.15. The SMILES string of the molecule is CC/C=C\C/C=C\C/C=C\C/C=C\CCC(=O)OC(CO)COC(=O)CCCCCCCCCCCCCCCCCCCC. The van der Waals surface area contributed by atoms with Gasteiger partial charge in [-0.25, -0.2) is 0 Å². The summed E-state index contributed by atoms with van der Waals surface area (Å²) in [5.74, 6) is -0.683. The molecule has 1 N–H and O–H groups in total. The molecule has 0 saturated carbocycles. The number of unbranched alkanes of at least 4 members (excludes halogenated alkanes) is 17. The van der Waals surface area contributed by atoms with E-state index < -0.39 is 12.1 Å². The Kier molecular flexibility index (Phi) is 34.6. The zero-order chi connectivity index (χ0) is 32.9. The zero-order valence-electron chi connectivity index (χ0n) is 29.4. The molecular formula is C40H70O5. The van der Waals surface area contributed by atoms with E-state index in [0.29, 0.717) is 12.8 Å². The second kappa shape index (κ2) is 36.3. The molecule has 1 unspecified atom stereocenters. The van der Waals surface area contributed by atoms with Gasteiger partial charge in [-0.15, -0.1) is 0 Å². The Morgan fingerprint density at radius 2 is 0.956 bits per heavy atom. The van der Waals surface area contributed by atoms with Gasteiger partial charge in [0.2, 0.25) is 0 Å². The highest BCUT2D eigenvalue weighted by molar-refractivity contribution is 5.70. The molecule has 0 rings (SSSR count). The molecule has 0 fully saturated rings. The zero-order valence-corrected chi connectivity index (χ0v) is 29.4. The minimum Gasteiger partial charge on any atom is -0.462 e. The van der Waals surface area contributed by atoms with Crippen LogP contribution in [-0.4, -0.2) is 36.4 Å². The molecule has 0 aromatic rings. The molecule has 0 saturated heterocycles. The van der Waals surface area contributed by atoms with E-state index in [1.165, 1.54) is 96.3 Å². The second-order valence-corrected chi connectivity index (χ2v) is 12.3. The third-order valence-corrected chi connectivity index (χ3v) is 7.90. The van der Waals surface area contributed by atoms with Gasteiger partial charge < -0.3 is 14.6 Å². The first-order valence-electron chi connectivity index (χ1n) is 18.7. The van der Waals surface area contributed by atoms with Gasteiger partial charge in [0.25, 0.3) is 0 Å². The number of aliphatic hydroxyl groups excluding tert-OH is 1. The molecule has 5 heteroatoms. The van der Waals surface area contributed by atoms with E-state index in [2.05, 4.69) is 50.3 Å². The maximum Gasteiger partial charge on any atom is 0.306 e. The summed E-state index contributed by atoms with van der Waals surface area (Å²) in [4.78, 5) is 24.1. The van der Waals surface area contributed by atoms with Gasteiger partial charge in [0, 0.05) is 12.8 Å². The van der Waals surface area contributed by atoms with Gasteiger partial charge in [0.05, 0.1) is 6.61 Å². The van der Waals surface area contributed by atoms with Crippen LogP contribution in [0, 0.1) is 0 Å². The van der Waals surface area contributed by atoms with E-state index in [1.807, 2.05) is 12.2 Å². The first-order chi connectivity index (χ1) is 22.1. The standard InChI is InChI=1S/C40H70O5/c1-3-5-7-9-11-13-15-17-18-19-20-21-23-24-26-28-30-32-34-39(42)44-37-38(36-41)45-40(43)35-33-31-29-27-25-22-16-14-12-10-8-6-4-2/h6,8,12,14,22,25,29,31,38,41H,3-5,7,9-11,13,15-21,23-24,26-28,30,32-37H2,1-2H3/b8-6-,14-12-,25-22-,31-29-. The monoisotopic (exact) mass is 631 g/mol. The lowest BCUT2D eigenvalue weighted by Gasteiger charge is -2.15. The summed E-state index contributed by atoms with van der Waals surface area (Å²) >= 11 is 0. The molecule has 0 aliphatic rings. The number of esters is 2. The van der Waals surface area contributed by atoms with Crippen LogP contribution >= 0.6 is 0 Å². The number of ether oxygens (including phenoxy) is 2. The van der Waals surface area contributed by atoms with Gasteiger partial charge in [-0.2, -0.15) is 0 Å². The molecule has 260 valence electrons. The van der Waals surface area contributed by atoms with Crippen LogP contribution < -0.4 is 0 Å². The Bertz CT molecular complexity index is 767. The second-order valence-electron chi connectivity index (χ2n) is 12.3. The summed E-state index contributed by atoms with van der Waals surface area (Å²) < 4.78 is 10.5. The molecule has 45 heavy (non-hydrogen) atoms. The van der Waals surface area contributed by atoms with Crippen LogP contribution in [0.3, 0.4) is 0 Å². The van der Waals surface area contributed by atoms with Crippen LogP contribution in [0.2, 0.25) is 0 Å². The van der Waals surface area contributed by atoms with E-state index in [-0.39, 0.29) is 25.6 Å². The van der Waals surface area contributed by atoms with Crippen molar-refractivity contribution in [1.82, 2.24) is 0 Å². The first kappa shape index (κ1) is 42.9. The summed E-state index contributed by atoms with van der Waals surface area (Å²) in [6.45, 7) is 3.96. The van der Waals surface area contributed by atoms with Gasteiger partial charge in [-0.05, 0) is 38.5 Å². The van der Waals surface area contributed by atoms with Crippen molar-refractivity contribution in [2.75, 3.05) is 13.2 Å². The largest absolute Gasteiger partial charge is 0.462 e. The number of rotatable bonds is 33. The average molecular weight is 631 g/mol. The number of allylic oxidation sites excluding steroid dienone is 8. The maximum absolute atomic E-state index is 12.1. The van der Waals surface area contributed by atoms with Gasteiger partial charge in [0.15, 0.2) is 6.10 Å². The van der Waals surface area contributed by atoms with E-state index in [9.17, 15) is 14.7 Å². The Morgan fingerprint density at radius 1 is 0.533 bits per heavy atom. The van der Waals surface area contributed by atoms with Crippen molar-refractivity contribution < 1.29 is 24.2 Å². The molecule has 0 bridgehead atoms. The molecule has 0 radical (unpaired) electrons. The molecule has 0 spiro atoms. The molecule has 0 amide bonds. The van der Waals surface area contributed by atoms with Crippen molar-refractivity contribution in [3.05, 3.63) is 48.6 Å². The predicted octanol–water partition coefficient (Wildman–Crippen LogP) is 11.5. The predicted molar refractivity (Wildman–Crippen MR) is 191 cm³/mol. The Morgan fingerprint density at radius 3 is 1.40 bits per heavy atom. The smallest absolute Gasteiger partial charge is 0.306 e. The summed E-state index contributed by atoms with van der Waals surface area (Å²) in [5, 5.41) is 9.51. The van der Waals surface area contributed by atoms with E-state index in [1.54, 1.807) is 0 Å². The quantitative estimate of drug-likeness (QED) is 0.0444. The molecule has 1 atom stereocenters. The number of carbonyl (C=O) groups excluding carboxylic acids is 2. The molecule has 5 nitrogen and oxygen atoms in total. The Hall–Kier alpha value is -2.14. The van der Waals surface area contributed by atoms with Crippen LogP contribution in [0.4, 0.5) is 0 Å². The fraction of sp³-hybridized carbons (Fsp3) is 0.750. The lowest BCUT2D eigenvalue weighted by molar-refractivity contribution is -0.161. The molecule has 0 aromatic heterocycles. The lowest BCUT2D eigenvalue weighted by Crippen LogP contribution is -2.28. The van der Waals surface area contributed by atoms with Crippen molar-refractivity contribution in [1.29, 1.82) is 0 Å². The summed E-state index contributed by atoms with van der Waals surface area (Å²) in [6.07, 6.45) is 44.7. The molecule has 0 heterocycles. The number of hydrogen-bond donors (Lipinski definition) is 1. The van der Waals surface area contributed by atoms with Crippen LogP contribution in [0.15, 0.2) is 48.6 Å². The maximum atomic E-state index is 12.1. The minimum atomic E-state index is -0.806. The van der Waals surface area contributed by atoms with E-state index in [0.717, 1.165) is 44.9 Å². The molecule has 0 aromatic carbocycles. The average Bonchev–Trinajstić information content (AvgIpc) is 3.04. The molecular weight excluding hydrogens is 560 g/mol. The van der Waals surface area contributed by atoms with Crippen molar-refractivity contribution in [3.63, 3.8) is 0 Å². The number of aliphatic hydroxyl groups is 1. The third kappa shape index (κ3) is 34.6. The Labute approximate surface area is 278 Å².